The molecular formula is C21H24N2O. The molecule has 1 unspecified atom stereocenters. The van der Waals surface area contributed by atoms with Crippen molar-refractivity contribution < 1.29 is 5.11 Å². The van der Waals surface area contributed by atoms with Gasteiger partial charge in [0.1, 0.15) is 0 Å². The highest BCUT2D eigenvalue weighted by molar-refractivity contribution is 5.58. The molecule has 1 aliphatic heterocycles. The first kappa shape index (κ1) is 16.5. The SMILES string of the molecule is NC(O)(/C=C/c1ccccc1)/C=C/c1ccc(N2CCCC2)cc1. The molecule has 1 fully saturated rings. The van der Waals surface area contributed by atoms with Crippen LogP contribution in [0.3, 0.4) is 0 Å². The number of hydrogen-bond acceptors (Lipinski definition) is 3. The predicted octanol–water partition coefficient (Wildman–Crippen LogP) is 3.66. The third-order valence-electron chi connectivity index (χ3n) is 4.25. The van der Waals surface area contributed by atoms with Crippen LogP contribution in [-0.2, 0) is 0 Å². The van der Waals surface area contributed by atoms with E-state index < -0.39 is 5.72 Å². The third kappa shape index (κ3) is 4.57. The molecule has 3 nitrogen and oxygen atoms in total. The van der Waals surface area contributed by atoms with Gasteiger partial charge in [-0.05, 0) is 48.3 Å². The molecule has 24 heavy (non-hydrogen) atoms. The van der Waals surface area contributed by atoms with Crippen LogP contribution >= 0.6 is 0 Å². The van der Waals surface area contributed by atoms with E-state index in [4.69, 9.17) is 5.73 Å². The molecule has 2 aromatic carbocycles. The second kappa shape index (κ2) is 7.47. The molecule has 3 heteroatoms. The van der Waals surface area contributed by atoms with Crippen molar-refractivity contribution in [3.8, 4) is 0 Å². The summed E-state index contributed by atoms with van der Waals surface area (Å²) in [5.74, 6) is 0. The van der Waals surface area contributed by atoms with Gasteiger partial charge in [-0.25, -0.2) is 0 Å². The Bertz CT molecular complexity index is 696. The van der Waals surface area contributed by atoms with Gasteiger partial charge in [0.15, 0.2) is 5.72 Å². The van der Waals surface area contributed by atoms with Gasteiger partial charge >= 0.3 is 0 Å². The smallest absolute Gasteiger partial charge is 0.152 e. The van der Waals surface area contributed by atoms with Gasteiger partial charge in [-0.1, -0.05) is 54.6 Å². The average Bonchev–Trinajstić information content (AvgIpc) is 3.15. The Labute approximate surface area is 143 Å². The van der Waals surface area contributed by atoms with Gasteiger partial charge in [0, 0.05) is 18.8 Å². The summed E-state index contributed by atoms with van der Waals surface area (Å²) in [5, 5.41) is 10.3. The average molecular weight is 320 g/mol. The predicted molar refractivity (Wildman–Crippen MR) is 102 cm³/mol. The minimum absolute atomic E-state index is 1.00. The number of nitrogens with two attached hydrogens (primary N) is 1. The van der Waals surface area contributed by atoms with Crippen LogP contribution in [0.15, 0.2) is 66.7 Å². The molecule has 1 atom stereocenters. The summed E-state index contributed by atoms with van der Waals surface area (Å²) in [6.45, 7) is 2.28. The van der Waals surface area contributed by atoms with Crippen LogP contribution < -0.4 is 10.6 Å². The summed E-state index contributed by atoms with van der Waals surface area (Å²) >= 11 is 0. The minimum atomic E-state index is -1.47. The number of hydrogen-bond donors (Lipinski definition) is 2. The molecule has 3 N–H and O–H groups in total. The van der Waals surface area contributed by atoms with E-state index in [1.807, 2.05) is 42.5 Å². The Morgan fingerprint density at radius 2 is 1.38 bits per heavy atom. The number of aliphatic hydroxyl groups is 1. The summed E-state index contributed by atoms with van der Waals surface area (Å²) in [7, 11) is 0. The zero-order valence-corrected chi connectivity index (χ0v) is 13.8. The van der Waals surface area contributed by atoms with Crippen molar-refractivity contribution in [3.63, 3.8) is 0 Å². The largest absolute Gasteiger partial charge is 0.372 e. The summed E-state index contributed by atoms with van der Waals surface area (Å²) < 4.78 is 0. The van der Waals surface area contributed by atoms with Crippen LogP contribution in [0.4, 0.5) is 5.69 Å². The van der Waals surface area contributed by atoms with E-state index in [0.717, 1.165) is 24.2 Å². The zero-order chi connectivity index (χ0) is 16.8. The van der Waals surface area contributed by atoms with Gasteiger partial charge in [-0.2, -0.15) is 0 Å². The highest BCUT2D eigenvalue weighted by Crippen LogP contribution is 2.21. The van der Waals surface area contributed by atoms with Gasteiger partial charge in [0.05, 0.1) is 0 Å². The van der Waals surface area contributed by atoms with Crippen LogP contribution in [0.25, 0.3) is 12.2 Å². The van der Waals surface area contributed by atoms with Crippen molar-refractivity contribution in [2.24, 2.45) is 5.73 Å². The first-order chi connectivity index (χ1) is 11.6. The number of anilines is 1. The fraction of sp³-hybridized carbons (Fsp3) is 0.238. The molecule has 1 heterocycles. The Kier molecular flexibility index (Phi) is 5.14. The fourth-order valence-electron chi connectivity index (χ4n) is 2.85. The monoisotopic (exact) mass is 320 g/mol. The topological polar surface area (TPSA) is 49.5 Å². The van der Waals surface area contributed by atoms with E-state index >= 15 is 0 Å². The Morgan fingerprint density at radius 3 is 1.96 bits per heavy atom. The molecule has 3 rings (SSSR count). The van der Waals surface area contributed by atoms with E-state index in [-0.39, 0.29) is 0 Å². The lowest BCUT2D eigenvalue weighted by atomic mass is 10.1. The van der Waals surface area contributed by atoms with Crippen molar-refractivity contribution in [3.05, 3.63) is 77.9 Å². The second-order valence-corrected chi connectivity index (χ2v) is 6.25. The molecule has 0 saturated carbocycles. The molecule has 2 aromatic rings. The highest BCUT2D eigenvalue weighted by Gasteiger charge is 2.13. The van der Waals surface area contributed by atoms with Crippen LogP contribution in [0.5, 0.6) is 0 Å². The maximum Gasteiger partial charge on any atom is 0.152 e. The summed E-state index contributed by atoms with van der Waals surface area (Å²) in [5.41, 5.74) is 7.74. The molecule has 0 spiro atoms. The van der Waals surface area contributed by atoms with Gasteiger partial charge in [0.2, 0.25) is 0 Å². The number of rotatable bonds is 5. The molecule has 0 radical (unpaired) electrons. The lowest BCUT2D eigenvalue weighted by molar-refractivity contribution is 0.152. The van der Waals surface area contributed by atoms with Crippen LogP contribution in [-0.4, -0.2) is 23.9 Å². The fourth-order valence-corrected chi connectivity index (χ4v) is 2.85. The van der Waals surface area contributed by atoms with Crippen LogP contribution in [0.1, 0.15) is 24.0 Å². The summed E-state index contributed by atoms with van der Waals surface area (Å²) in [6.07, 6.45) is 9.42. The molecule has 0 aromatic heterocycles. The molecule has 0 amide bonds. The van der Waals surface area contributed by atoms with E-state index in [2.05, 4.69) is 29.2 Å². The maximum atomic E-state index is 10.3. The van der Waals surface area contributed by atoms with Gasteiger partial charge < -0.3 is 10.0 Å². The summed E-state index contributed by atoms with van der Waals surface area (Å²) in [6, 6.07) is 18.2. The molecule has 124 valence electrons. The van der Waals surface area contributed by atoms with E-state index in [1.165, 1.54) is 18.5 Å². The zero-order valence-electron chi connectivity index (χ0n) is 13.8. The van der Waals surface area contributed by atoms with Crippen LogP contribution in [0.2, 0.25) is 0 Å². The first-order valence-corrected chi connectivity index (χ1v) is 8.42. The number of nitrogens with zero attached hydrogens (tertiary/aromatic N) is 1. The van der Waals surface area contributed by atoms with Gasteiger partial charge in [0.25, 0.3) is 0 Å². The highest BCUT2D eigenvalue weighted by atomic mass is 16.3. The van der Waals surface area contributed by atoms with E-state index in [9.17, 15) is 5.11 Å². The quantitative estimate of drug-likeness (QED) is 0.827. The van der Waals surface area contributed by atoms with Crippen LogP contribution in [0, 0.1) is 0 Å². The van der Waals surface area contributed by atoms with Crippen molar-refractivity contribution in [2.45, 2.75) is 18.6 Å². The lowest BCUT2D eigenvalue weighted by Gasteiger charge is -2.17. The van der Waals surface area contributed by atoms with Gasteiger partial charge in [-0.15, -0.1) is 0 Å². The third-order valence-corrected chi connectivity index (χ3v) is 4.25. The molecule has 0 bridgehead atoms. The molecule has 0 aliphatic carbocycles. The second-order valence-electron chi connectivity index (χ2n) is 6.25. The van der Waals surface area contributed by atoms with Crippen molar-refractivity contribution in [2.75, 3.05) is 18.0 Å². The molecular weight excluding hydrogens is 296 g/mol. The summed E-state index contributed by atoms with van der Waals surface area (Å²) in [4.78, 5) is 2.40. The number of benzene rings is 2. The molecule has 1 aliphatic rings. The van der Waals surface area contributed by atoms with Crippen molar-refractivity contribution in [1.29, 1.82) is 0 Å². The maximum absolute atomic E-state index is 10.3. The standard InChI is InChI=1S/C21H24N2O/c22-21(24,14-12-18-6-2-1-3-7-18)15-13-19-8-10-20(11-9-19)23-16-4-5-17-23/h1-3,6-15,24H,4-5,16-17,22H2/b14-12+,15-13+. The first-order valence-electron chi connectivity index (χ1n) is 8.42. The minimum Gasteiger partial charge on any atom is -0.372 e. The normalized spacial score (nSPS) is 17.7. The van der Waals surface area contributed by atoms with Gasteiger partial charge in [-0.3, -0.25) is 5.73 Å². The van der Waals surface area contributed by atoms with Crippen molar-refractivity contribution in [1.82, 2.24) is 0 Å². The van der Waals surface area contributed by atoms with Crippen molar-refractivity contribution >= 4 is 17.8 Å². The lowest BCUT2D eigenvalue weighted by Crippen LogP contribution is -2.34. The van der Waals surface area contributed by atoms with E-state index in [1.54, 1.807) is 12.2 Å². The molecule has 1 saturated heterocycles. The Morgan fingerprint density at radius 1 is 0.833 bits per heavy atom. The Balaban J connectivity index is 1.64. The Hall–Kier alpha value is -2.36. The van der Waals surface area contributed by atoms with E-state index in [0.29, 0.717) is 0 Å².